The lowest BCUT2D eigenvalue weighted by Crippen LogP contribution is -2.31. The molecule has 0 saturated carbocycles. The van der Waals surface area contributed by atoms with Crippen molar-refractivity contribution in [2.45, 2.75) is 4.90 Å². The summed E-state index contributed by atoms with van der Waals surface area (Å²) in [6.07, 6.45) is 6.72. The SMILES string of the molecule is C(=Cc1sc2c3ccccc3ccc2[n+]1-c1ccccc1)C=C1Sc2c(ccc3ccccc23)N1c1ccccc1. The number of hydrogen-bond donors (Lipinski definition) is 0. The number of nitrogens with zero attached hydrogens (tertiary/aromatic N) is 2. The first-order valence-corrected chi connectivity index (χ1v) is 15.3. The Labute approximate surface area is 247 Å². The number of thiazole rings is 1. The van der Waals surface area contributed by atoms with E-state index in [1.807, 2.05) is 23.1 Å². The van der Waals surface area contributed by atoms with Gasteiger partial charge in [0, 0.05) is 40.2 Å². The van der Waals surface area contributed by atoms with Crippen LogP contribution in [0.15, 0.2) is 156 Å². The molecule has 0 saturated heterocycles. The number of hydrogen-bond acceptors (Lipinski definition) is 3. The lowest BCUT2D eigenvalue weighted by molar-refractivity contribution is -0.564. The molecule has 0 radical (unpaired) electrons. The van der Waals surface area contributed by atoms with Crippen LogP contribution in [-0.4, -0.2) is 0 Å². The van der Waals surface area contributed by atoms with Crippen LogP contribution in [0.4, 0.5) is 11.4 Å². The topological polar surface area (TPSA) is 7.12 Å². The maximum absolute atomic E-state index is 2.38. The molecule has 41 heavy (non-hydrogen) atoms. The molecule has 0 atom stereocenters. The lowest BCUT2D eigenvalue weighted by Gasteiger charge is -2.20. The van der Waals surface area contributed by atoms with Gasteiger partial charge in [0.1, 0.15) is 4.70 Å². The van der Waals surface area contributed by atoms with Crippen LogP contribution in [0.1, 0.15) is 5.01 Å². The quantitative estimate of drug-likeness (QED) is 0.197. The normalized spacial score (nSPS) is 14.1. The van der Waals surface area contributed by atoms with Gasteiger partial charge in [-0.2, -0.15) is 0 Å². The Morgan fingerprint density at radius 2 is 1.27 bits per heavy atom. The Bertz CT molecular complexity index is 2130. The third kappa shape index (κ3) is 4.15. The number of para-hydroxylation sites is 2. The molecular formula is C37H25N2S2+. The van der Waals surface area contributed by atoms with Gasteiger partial charge in [0.2, 0.25) is 11.2 Å². The lowest BCUT2D eigenvalue weighted by atomic mass is 10.1. The average Bonchev–Trinajstić information content (AvgIpc) is 3.60. The number of allylic oxidation sites excluding steroid dienone is 2. The maximum atomic E-state index is 2.38. The minimum atomic E-state index is 1.17. The molecule has 6 aromatic carbocycles. The molecule has 0 bridgehead atoms. The molecule has 1 aliphatic rings. The van der Waals surface area contributed by atoms with E-state index in [4.69, 9.17) is 0 Å². The van der Waals surface area contributed by atoms with Crippen molar-refractivity contribution in [1.82, 2.24) is 0 Å². The van der Waals surface area contributed by atoms with E-state index < -0.39 is 0 Å². The zero-order valence-corrected chi connectivity index (χ0v) is 23.8. The van der Waals surface area contributed by atoms with Gasteiger partial charge in [0.05, 0.1) is 10.7 Å². The largest absolute Gasteiger partial charge is 0.303 e. The summed E-state index contributed by atoms with van der Waals surface area (Å²) in [4.78, 5) is 3.68. The number of anilines is 2. The van der Waals surface area contributed by atoms with E-state index in [2.05, 4.69) is 161 Å². The molecular weight excluding hydrogens is 537 g/mol. The second-order valence-electron chi connectivity index (χ2n) is 10.0. The second kappa shape index (κ2) is 10.1. The predicted octanol–water partition coefficient (Wildman–Crippen LogP) is 10.3. The fraction of sp³-hybridized carbons (Fsp3) is 0. The smallest absolute Gasteiger partial charge is 0.268 e. The molecule has 194 valence electrons. The minimum Gasteiger partial charge on any atom is -0.303 e. The molecule has 0 amide bonds. The summed E-state index contributed by atoms with van der Waals surface area (Å²) in [5.41, 5.74) is 4.79. The van der Waals surface area contributed by atoms with E-state index >= 15 is 0 Å². The van der Waals surface area contributed by atoms with Crippen molar-refractivity contribution in [1.29, 1.82) is 0 Å². The number of aromatic nitrogens is 1. The van der Waals surface area contributed by atoms with Crippen molar-refractivity contribution in [3.05, 3.63) is 156 Å². The second-order valence-corrected chi connectivity index (χ2v) is 12.1. The molecule has 0 spiro atoms. The van der Waals surface area contributed by atoms with Gasteiger partial charge in [-0.05, 0) is 46.5 Å². The molecule has 0 N–H and O–H groups in total. The summed E-state index contributed by atoms with van der Waals surface area (Å²) in [5, 5.41) is 7.51. The van der Waals surface area contributed by atoms with Crippen LogP contribution in [0.25, 0.3) is 43.5 Å². The van der Waals surface area contributed by atoms with Gasteiger partial charge in [0.15, 0.2) is 0 Å². The Hall–Kier alpha value is -4.64. The van der Waals surface area contributed by atoms with Crippen molar-refractivity contribution in [3.63, 3.8) is 0 Å². The number of rotatable bonds is 4. The summed E-state index contributed by atoms with van der Waals surface area (Å²) < 4.78 is 3.68. The maximum Gasteiger partial charge on any atom is 0.268 e. The van der Waals surface area contributed by atoms with E-state index in [0.29, 0.717) is 0 Å². The van der Waals surface area contributed by atoms with E-state index in [9.17, 15) is 0 Å². The molecule has 7 aromatic rings. The number of fused-ring (bicyclic) bond motifs is 6. The summed E-state index contributed by atoms with van der Waals surface area (Å²) >= 11 is 3.69. The molecule has 0 fully saturated rings. The molecule has 0 unspecified atom stereocenters. The molecule has 1 aromatic heterocycles. The van der Waals surface area contributed by atoms with Gasteiger partial charge in [-0.1, -0.05) is 120 Å². The van der Waals surface area contributed by atoms with Gasteiger partial charge in [-0.15, -0.1) is 4.57 Å². The highest BCUT2D eigenvalue weighted by molar-refractivity contribution is 8.04. The predicted molar refractivity (Wildman–Crippen MR) is 176 cm³/mol. The van der Waals surface area contributed by atoms with Gasteiger partial charge in [-0.25, -0.2) is 0 Å². The molecule has 4 heteroatoms. The van der Waals surface area contributed by atoms with Crippen molar-refractivity contribution < 1.29 is 4.57 Å². The molecule has 8 rings (SSSR count). The Morgan fingerprint density at radius 3 is 2.07 bits per heavy atom. The zero-order chi connectivity index (χ0) is 27.2. The van der Waals surface area contributed by atoms with Crippen LogP contribution in [0, 0.1) is 0 Å². The number of thioether (sulfide) groups is 1. The third-order valence-corrected chi connectivity index (χ3v) is 9.88. The first kappa shape index (κ1) is 24.2. The number of benzene rings is 6. The third-order valence-electron chi connectivity index (χ3n) is 7.56. The Kier molecular flexibility index (Phi) is 5.94. The minimum absolute atomic E-state index is 1.17. The van der Waals surface area contributed by atoms with Crippen LogP contribution in [0.5, 0.6) is 0 Å². The van der Waals surface area contributed by atoms with E-state index in [0.717, 1.165) is 0 Å². The van der Waals surface area contributed by atoms with Gasteiger partial charge >= 0.3 is 0 Å². The van der Waals surface area contributed by atoms with Crippen LogP contribution in [0.3, 0.4) is 0 Å². The summed E-state index contributed by atoms with van der Waals surface area (Å²) in [6, 6.07) is 47.6. The highest BCUT2D eigenvalue weighted by Gasteiger charge is 2.28. The Balaban J connectivity index is 1.27. The average molecular weight is 562 g/mol. The monoisotopic (exact) mass is 561 g/mol. The highest BCUT2D eigenvalue weighted by atomic mass is 32.2. The van der Waals surface area contributed by atoms with Crippen LogP contribution >= 0.6 is 23.1 Å². The fourth-order valence-electron chi connectivity index (χ4n) is 5.68. The van der Waals surface area contributed by atoms with Crippen LogP contribution in [0.2, 0.25) is 0 Å². The van der Waals surface area contributed by atoms with Crippen molar-refractivity contribution >= 4 is 72.3 Å². The standard InChI is InChI=1S/C37H25N2S2/c1-3-14-28(15-4-1)38-32-24-22-26-12-7-9-18-30(26)36(32)40-34(38)20-11-21-35-39(29-16-5-2-6-17-29)33-25-23-27-13-8-10-19-31(27)37(33)41-35/h1-25H/q+1. The molecule has 2 nitrogen and oxygen atoms in total. The van der Waals surface area contributed by atoms with Gasteiger partial charge in [0.25, 0.3) is 5.01 Å². The first-order valence-electron chi connectivity index (χ1n) is 13.7. The van der Waals surface area contributed by atoms with Gasteiger partial charge < -0.3 is 4.90 Å². The van der Waals surface area contributed by atoms with E-state index in [1.54, 1.807) is 0 Å². The molecule has 0 aliphatic carbocycles. The Morgan fingerprint density at radius 1 is 0.610 bits per heavy atom. The summed E-state index contributed by atoms with van der Waals surface area (Å²) in [5.74, 6) is 0. The summed E-state index contributed by atoms with van der Waals surface area (Å²) in [7, 11) is 0. The van der Waals surface area contributed by atoms with Crippen LogP contribution < -0.4 is 9.47 Å². The summed E-state index contributed by atoms with van der Waals surface area (Å²) in [6.45, 7) is 0. The molecule has 1 aliphatic heterocycles. The zero-order valence-electron chi connectivity index (χ0n) is 22.1. The van der Waals surface area contributed by atoms with E-state index in [1.165, 1.54) is 63.8 Å². The van der Waals surface area contributed by atoms with Crippen LogP contribution in [-0.2, 0) is 0 Å². The van der Waals surface area contributed by atoms with Crippen molar-refractivity contribution in [2.24, 2.45) is 0 Å². The van der Waals surface area contributed by atoms with Crippen molar-refractivity contribution in [3.8, 4) is 5.69 Å². The van der Waals surface area contributed by atoms with E-state index in [-0.39, 0.29) is 0 Å². The van der Waals surface area contributed by atoms with Gasteiger partial charge in [-0.3, -0.25) is 0 Å². The molecule has 2 heterocycles. The first-order chi connectivity index (χ1) is 20.3. The van der Waals surface area contributed by atoms with Crippen molar-refractivity contribution in [2.75, 3.05) is 4.90 Å². The fourth-order valence-corrected chi connectivity index (χ4v) is 8.11. The highest BCUT2D eigenvalue weighted by Crippen LogP contribution is 2.52.